The molecule has 2 aliphatic rings. The van der Waals surface area contributed by atoms with Crippen LogP contribution in [0.15, 0.2) is 23.1 Å². The maximum atomic E-state index is 12.1. The van der Waals surface area contributed by atoms with Crippen LogP contribution in [0.1, 0.15) is 18.9 Å². The van der Waals surface area contributed by atoms with Gasteiger partial charge in [-0.2, -0.15) is 0 Å². The zero-order valence-corrected chi connectivity index (χ0v) is 13.5. The second-order valence-corrected chi connectivity index (χ2v) is 8.40. The first-order valence-corrected chi connectivity index (χ1v) is 9.02. The fourth-order valence-electron chi connectivity index (χ4n) is 2.93. The molecule has 1 fully saturated rings. The summed E-state index contributed by atoms with van der Waals surface area (Å²) in [5.74, 6) is -1.49. The number of fused-ring (bicyclic) bond motifs is 1. The topological polar surface area (TPSA) is 104 Å². The number of amides is 2. The Kier molecular flexibility index (Phi) is 3.68. The van der Waals surface area contributed by atoms with Gasteiger partial charge in [0.15, 0.2) is 9.84 Å². The maximum Gasteiger partial charge on any atom is 0.313 e. The van der Waals surface area contributed by atoms with Crippen LogP contribution >= 0.6 is 0 Å². The summed E-state index contributed by atoms with van der Waals surface area (Å²) in [7, 11) is -3.29. The van der Waals surface area contributed by atoms with Gasteiger partial charge >= 0.3 is 11.8 Å². The molecule has 8 heteroatoms. The van der Waals surface area contributed by atoms with Crippen molar-refractivity contribution in [2.75, 3.05) is 24.2 Å². The van der Waals surface area contributed by atoms with Crippen LogP contribution in [0.4, 0.5) is 5.69 Å². The minimum Gasteiger partial charge on any atom is -0.388 e. The zero-order chi connectivity index (χ0) is 16.8. The van der Waals surface area contributed by atoms with Crippen molar-refractivity contribution in [3.05, 3.63) is 23.8 Å². The van der Waals surface area contributed by atoms with Gasteiger partial charge in [0.1, 0.15) is 0 Å². The third kappa shape index (κ3) is 3.09. The largest absolute Gasteiger partial charge is 0.388 e. The summed E-state index contributed by atoms with van der Waals surface area (Å²) >= 11 is 0. The van der Waals surface area contributed by atoms with Gasteiger partial charge in [-0.1, -0.05) is 6.07 Å². The van der Waals surface area contributed by atoms with Crippen LogP contribution in [0.3, 0.4) is 0 Å². The molecular formula is C15H18N2O5S. The Morgan fingerprint density at radius 1 is 1.35 bits per heavy atom. The molecule has 2 aliphatic heterocycles. The minimum absolute atomic E-state index is 0.0710. The van der Waals surface area contributed by atoms with E-state index in [2.05, 4.69) is 5.32 Å². The summed E-state index contributed by atoms with van der Waals surface area (Å²) in [6, 6.07) is 4.63. The summed E-state index contributed by atoms with van der Waals surface area (Å²) in [5.41, 5.74) is 0.0286. The van der Waals surface area contributed by atoms with Gasteiger partial charge in [-0.25, -0.2) is 8.42 Å². The molecule has 1 aromatic rings. The lowest BCUT2D eigenvalue weighted by molar-refractivity contribution is -0.142. The highest BCUT2D eigenvalue weighted by molar-refractivity contribution is 7.91. The standard InChI is InChI=1S/C15H18N2O5S/c1-15(20)5-6-17(9-15)14(19)13(18)16-11-3-2-10-4-7-23(21,22)12(10)8-11/h2-3,8,20H,4-7,9H2,1H3,(H,16,18). The normalized spacial score (nSPS) is 25.2. The van der Waals surface area contributed by atoms with Crippen molar-refractivity contribution in [3.63, 3.8) is 0 Å². The Morgan fingerprint density at radius 3 is 2.74 bits per heavy atom. The van der Waals surface area contributed by atoms with E-state index in [1.54, 1.807) is 19.1 Å². The molecule has 1 unspecified atom stereocenters. The highest BCUT2D eigenvalue weighted by Gasteiger charge is 2.36. The highest BCUT2D eigenvalue weighted by atomic mass is 32.2. The number of sulfone groups is 1. The van der Waals surface area contributed by atoms with Crippen molar-refractivity contribution in [3.8, 4) is 0 Å². The lowest BCUT2D eigenvalue weighted by Crippen LogP contribution is -2.40. The first-order valence-electron chi connectivity index (χ1n) is 7.36. The van der Waals surface area contributed by atoms with Gasteiger partial charge in [0.05, 0.1) is 16.2 Å². The molecule has 0 aromatic heterocycles. The minimum atomic E-state index is -3.29. The van der Waals surface area contributed by atoms with Crippen molar-refractivity contribution in [1.82, 2.24) is 4.90 Å². The quantitative estimate of drug-likeness (QED) is 0.698. The van der Waals surface area contributed by atoms with Gasteiger partial charge in [0.25, 0.3) is 0 Å². The second kappa shape index (κ2) is 5.31. The first kappa shape index (κ1) is 15.9. The molecular weight excluding hydrogens is 320 g/mol. The average Bonchev–Trinajstić information content (AvgIpc) is 2.98. The number of aliphatic hydroxyl groups is 1. The SMILES string of the molecule is CC1(O)CCN(C(=O)C(=O)Nc2ccc3c(c2)S(=O)(=O)CC3)C1. The van der Waals surface area contributed by atoms with Crippen LogP contribution in [0.25, 0.3) is 0 Å². The number of β-amino-alcohol motifs (C(OH)–C–C–N with tert-alkyl or cyclic N) is 1. The molecule has 1 atom stereocenters. The Bertz CT molecular complexity index is 785. The molecule has 0 bridgehead atoms. The number of anilines is 1. The molecule has 1 saturated heterocycles. The van der Waals surface area contributed by atoms with Crippen molar-refractivity contribution < 1.29 is 23.1 Å². The van der Waals surface area contributed by atoms with E-state index in [4.69, 9.17) is 0 Å². The molecule has 7 nitrogen and oxygen atoms in total. The van der Waals surface area contributed by atoms with Crippen LogP contribution < -0.4 is 5.32 Å². The van der Waals surface area contributed by atoms with Gasteiger partial charge in [-0.15, -0.1) is 0 Å². The van der Waals surface area contributed by atoms with Crippen LogP contribution in [0, 0.1) is 0 Å². The van der Waals surface area contributed by atoms with E-state index >= 15 is 0 Å². The van der Waals surface area contributed by atoms with Gasteiger partial charge < -0.3 is 15.3 Å². The Balaban J connectivity index is 1.73. The van der Waals surface area contributed by atoms with E-state index in [0.29, 0.717) is 19.4 Å². The van der Waals surface area contributed by atoms with Crippen molar-refractivity contribution in [1.29, 1.82) is 0 Å². The van der Waals surface area contributed by atoms with Crippen molar-refractivity contribution >= 4 is 27.3 Å². The lowest BCUT2D eigenvalue weighted by Gasteiger charge is -2.18. The third-order valence-electron chi connectivity index (χ3n) is 4.23. The van der Waals surface area contributed by atoms with Crippen LogP contribution in [0.5, 0.6) is 0 Å². The van der Waals surface area contributed by atoms with E-state index in [0.717, 1.165) is 5.56 Å². The zero-order valence-electron chi connectivity index (χ0n) is 12.7. The highest BCUT2D eigenvalue weighted by Crippen LogP contribution is 2.28. The fourth-order valence-corrected chi connectivity index (χ4v) is 4.51. The second-order valence-electron chi connectivity index (χ2n) is 6.32. The summed E-state index contributed by atoms with van der Waals surface area (Å²) in [6.07, 6.45) is 0.886. The molecule has 2 amide bonds. The molecule has 1 aromatic carbocycles. The van der Waals surface area contributed by atoms with Gasteiger partial charge in [-0.3, -0.25) is 9.59 Å². The Labute approximate surface area is 134 Å². The number of likely N-dealkylation sites (tertiary alicyclic amines) is 1. The predicted octanol–water partition coefficient (Wildman–Crippen LogP) is -0.0618. The predicted molar refractivity (Wildman–Crippen MR) is 82.6 cm³/mol. The van der Waals surface area contributed by atoms with Gasteiger partial charge in [0.2, 0.25) is 0 Å². The number of nitrogens with one attached hydrogen (secondary N) is 1. The van der Waals surface area contributed by atoms with Crippen molar-refractivity contribution in [2.24, 2.45) is 0 Å². The number of hydrogen-bond donors (Lipinski definition) is 2. The molecule has 2 heterocycles. The number of nitrogens with zero attached hydrogens (tertiary/aromatic N) is 1. The summed E-state index contributed by atoms with van der Waals surface area (Å²) < 4.78 is 23.8. The maximum absolute atomic E-state index is 12.1. The molecule has 2 N–H and O–H groups in total. The van der Waals surface area contributed by atoms with Gasteiger partial charge in [-0.05, 0) is 37.5 Å². The number of carbonyl (C=O) groups is 2. The summed E-state index contributed by atoms with van der Waals surface area (Å²) in [6.45, 7) is 2.04. The van der Waals surface area contributed by atoms with Gasteiger partial charge in [0, 0.05) is 18.8 Å². The average molecular weight is 338 g/mol. The monoisotopic (exact) mass is 338 g/mol. The number of aryl methyl sites for hydroxylation is 1. The molecule has 124 valence electrons. The van der Waals surface area contributed by atoms with E-state index in [-0.39, 0.29) is 22.9 Å². The van der Waals surface area contributed by atoms with E-state index in [1.165, 1.54) is 11.0 Å². The summed E-state index contributed by atoms with van der Waals surface area (Å²) in [5, 5.41) is 12.3. The van der Waals surface area contributed by atoms with E-state index < -0.39 is 27.3 Å². The molecule has 3 rings (SSSR count). The van der Waals surface area contributed by atoms with Crippen LogP contribution in [-0.4, -0.2) is 54.7 Å². The van der Waals surface area contributed by atoms with E-state index in [9.17, 15) is 23.1 Å². The molecule has 0 spiro atoms. The molecule has 23 heavy (non-hydrogen) atoms. The van der Waals surface area contributed by atoms with E-state index in [1.807, 2.05) is 0 Å². The van der Waals surface area contributed by atoms with Crippen LogP contribution in [0.2, 0.25) is 0 Å². The summed E-state index contributed by atoms with van der Waals surface area (Å²) in [4.78, 5) is 25.6. The van der Waals surface area contributed by atoms with Crippen molar-refractivity contribution in [2.45, 2.75) is 30.3 Å². The smallest absolute Gasteiger partial charge is 0.313 e. The number of rotatable bonds is 1. The number of benzene rings is 1. The number of carbonyl (C=O) groups excluding carboxylic acids is 2. The fraction of sp³-hybridized carbons (Fsp3) is 0.467. The molecule has 0 saturated carbocycles. The third-order valence-corrected chi connectivity index (χ3v) is 6.03. The Hall–Kier alpha value is -1.93. The molecule has 0 aliphatic carbocycles. The number of hydrogen-bond acceptors (Lipinski definition) is 5. The van der Waals surface area contributed by atoms with Crippen LogP contribution in [-0.2, 0) is 25.8 Å². The first-order chi connectivity index (χ1) is 10.7. The Morgan fingerprint density at radius 2 is 2.09 bits per heavy atom. The lowest BCUT2D eigenvalue weighted by atomic mass is 10.1. The molecule has 0 radical (unpaired) electrons.